The SMILES string of the molecule is Cc1ccc(C(C)C)c(OC(C)C(=O)Nc2ccc(CN)cc2)c1.Cl. The summed E-state index contributed by atoms with van der Waals surface area (Å²) >= 11 is 0. The van der Waals surface area contributed by atoms with Crippen LogP contribution in [0.4, 0.5) is 5.69 Å². The number of nitrogens with one attached hydrogen (secondary N) is 1. The Hall–Kier alpha value is -2.04. The molecular weight excluding hydrogens is 336 g/mol. The number of benzene rings is 2. The van der Waals surface area contributed by atoms with Crippen LogP contribution in [0.15, 0.2) is 42.5 Å². The molecule has 0 heterocycles. The van der Waals surface area contributed by atoms with Crippen LogP contribution in [0.2, 0.25) is 0 Å². The molecule has 2 aromatic carbocycles. The number of rotatable bonds is 6. The van der Waals surface area contributed by atoms with Crippen molar-refractivity contribution in [3.8, 4) is 5.75 Å². The van der Waals surface area contributed by atoms with E-state index < -0.39 is 6.10 Å². The van der Waals surface area contributed by atoms with Crippen molar-refractivity contribution >= 4 is 24.0 Å². The normalized spacial score (nSPS) is 11.6. The molecule has 3 N–H and O–H groups in total. The zero-order valence-electron chi connectivity index (χ0n) is 15.2. The number of carbonyl (C=O) groups excluding carboxylic acids is 1. The van der Waals surface area contributed by atoms with E-state index in [0.29, 0.717) is 12.5 Å². The molecule has 2 rings (SSSR count). The zero-order valence-corrected chi connectivity index (χ0v) is 16.0. The van der Waals surface area contributed by atoms with Crippen molar-refractivity contribution in [2.45, 2.75) is 46.3 Å². The topological polar surface area (TPSA) is 64.3 Å². The van der Waals surface area contributed by atoms with Crippen LogP contribution >= 0.6 is 12.4 Å². The van der Waals surface area contributed by atoms with Gasteiger partial charge in [0.1, 0.15) is 5.75 Å². The Morgan fingerprint density at radius 3 is 2.32 bits per heavy atom. The molecule has 0 aliphatic heterocycles. The predicted molar refractivity (Wildman–Crippen MR) is 106 cm³/mol. The minimum atomic E-state index is -0.585. The van der Waals surface area contributed by atoms with Crippen LogP contribution in [0.25, 0.3) is 0 Å². The van der Waals surface area contributed by atoms with Gasteiger partial charge in [-0.3, -0.25) is 4.79 Å². The Morgan fingerprint density at radius 1 is 1.12 bits per heavy atom. The van der Waals surface area contributed by atoms with Crippen molar-refractivity contribution in [2.75, 3.05) is 5.32 Å². The molecule has 5 heteroatoms. The first-order chi connectivity index (χ1) is 11.4. The summed E-state index contributed by atoms with van der Waals surface area (Å²) in [5.74, 6) is 0.928. The molecule has 0 radical (unpaired) electrons. The number of amides is 1. The third-order valence-electron chi connectivity index (χ3n) is 3.92. The van der Waals surface area contributed by atoms with Gasteiger partial charge in [-0.1, -0.05) is 38.1 Å². The number of halogens is 1. The molecule has 0 fully saturated rings. The maximum Gasteiger partial charge on any atom is 0.265 e. The molecule has 0 bridgehead atoms. The fourth-order valence-corrected chi connectivity index (χ4v) is 2.43. The largest absolute Gasteiger partial charge is 0.481 e. The molecule has 0 aliphatic rings. The van der Waals surface area contributed by atoms with Gasteiger partial charge in [-0.15, -0.1) is 12.4 Å². The van der Waals surface area contributed by atoms with E-state index in [0.717, 1.165) is 28.1 Å². The third-order valence-corrected chi connectivity index (χ3v) is 3.92. The highest BCUT2D eigenvalue weighted by Crippen LogP contribution is 2.28. The van der Waals surface area contributed by atoms with Crippen molar-refractivity contribution in [2.24, 2.45) is 5.73 Å². The van der Waals surface area contributed by atoms with Crippen LogP contribution in [0.3, 0.4) is 0 Å². The third kappa shape index (κ3) is 5.76. The number of aryl methyl sites for hydroxylation is 1. The lowest BCUT2D eigenvalue weighted by molar-refractivity contribution is -0.122. The molecular formula is C20H27ClN2O2. The summed E-state index contributed by atoms with van der Waals surface area (Å²) in [6, 6.07) is 13.6. The van der Waals surface area contributed by atoms with Gasteiger partial charge in [-0.2, -0.15) is 0 Å². The molecule has 0 spiro atoms. The minimum Gasteiger partial charge on any atom is -0.481 e. The van der Waals surface area contributed by atoms with E-state index in [9.17, 15) is 4.79 Å². The number of ether oxygens (including phenoxy) is 1. The van der Waals surface area contributed by atoms with Crippen molar-refractivity contribution < 1.29 is 9.53 Å². The molecule has 136 valence electrons. The van der Waals surface area contributed by atoms with Gasteiger partial charge in [-0.05, 0) is 54.7 Å². The highest BCUT2D eigenvalue weighted by atomic mass is 35.5. The number of anilines is 1. The maximum absolute atomic E-state index is 12.4. The number of nitrogens with two attached hydrogens (primary N) is 1. The van der Waals surface area contributed by atoms with Crippen molar-refractivity contribution in [3.05, 3.63) is 59.2 Å². The van der Waals surface area contributed by atoms with E-state index in [4.69, 9.17) is 10.5 Å². The van der Waals surface area contributed by atoms with Gasteiger partial charge in [0.15, 0.2) is 6.10 Å². The summed E-state index contributed by atoms with van der Waals surface area (Å²) in [6.07, 6.45) is -0.585. The second kappa shape index (κ2) is 9.44. The monoisotopic (exact) mass is 362 g/mol. The average molecular weight is 363 g/mol. The standard InChI is InChI=1S/C20H26N2O2.ClH/c1-13(2)18-10-5-14(3)11-19(18)24-15(4)20(23)22-17-8-6-16(12-21)7-9-17;/h5-11,13,15H,12,21H2,1-4H3,(H,22,23);1H. The first-order valence-electron chi connectivity index (χ1n) is 8.27. The summed E-state index contributed by atoms with van der Waals surface area (Å²) < 4.78 is 5.93. The zero-order chi connectivity index (χ0) is 17.7. The molecule has 0 aromatic heterocycles. The highest BCUT2D eigenvalue weighted by molar-refractivity contribution is 5.94. The van der Waals surface area contributed by atoms with Gasteiger partial charge in [0.05, 0.1) is 0 Å². The molecule has 1 atom stereocenters. The van der Waals surface area contributed by atoms with Crippen molar-refractivity contribution in [1.29, 1.82) is 0 Å². The van der Waals surface area contributed by atoms with Crippen LogP contribution in [-0.2, 0) is 11.3 Å². The van der Waals surface area contributed by atoms with Gasteiger partial charge in [-0.25, -0.2) is 0 Å². The van der Waals surface area contributed by atoms with Crippen LogP contribution in [0, 0.1) is 6.92 Å². The van der Waals surface area contributed by atoms with Gasteiger partial charge >= 0.3 is 0 Å². The molecule has 25 heavy (non-hydrogen) atoms. The van der Waals surface area contributed by atoms with E-state index in [1.807, 2.05) is 37.3 Å². The van der Waals surface area contributed by atoms with E-state index in [-0.39, 0.29) is 18.3 Å². The smallest absolute Gasteiger partial charge is 0.265 e. The van der Waals surface area contributed by atoms with Crippen LogP contribution in [-0.4, -0.2) is 12.0 Å². The maximum atomic E-state index is 12.4. The van der Waals surface area contributed by atoms with Gasteiger partial charge < -0.3 is 15.8 Å². The average Bonchev–Trinajstić information content (AvgIpc) is 2.55. The van der Waals surface area contributed by atoms with Gasteiger partial charge in [0, 0.05) is 12.2 Å². The van der Waals surface area contributed by atoms with E-state index >= 15 is 0 Å². The summed E-state index contributed by atoms with van der Waals surface area (Å²) in [7, 11) is 0. The van der Waals surface area contributed by atoms with E-state index in [2.05, 4.69) is 31.3 Å². The molecule has 0 saturated heterocycles. The summed E-state index contributed by atoms with van der Waals surface area (Å²) in [5, 5.41) is 2.87. The Morgan fingerprint density at radius 2 is 1.76 bits per heavy atom. The molecule has 0 saturated carbocycles. The summed E-state index contributed by atoms with van der Waals surface area (Å²) in [5.41, 5.74) is 9.56. The Kier molecular flexibility index (Phi) is 7.94. The number of hydrogen-bond donors (Lipinski definition) is 2. The molecule has 2 aromatic rings. The molecule has 1 amide bonds. The molecule has 0 aliphatic carbocycles. The first kappa shape index (κ1) is 21.0. The van der Waals surface area contributed by atoms with Crippen LogP contribution < -0.4 is 15.8 Å². The first-order valence-corrected chi connectivity index (χ1v) is 8.27. The molecule has 1 unspecified atom stereocenters. The lowest BCUT2D eigenvalue weighted by Crippen LogP contribution is -2.30. The summed E-state index contributed by atoms with van der Waals surface area (Å²) in [6.45, 7) is 8.48. The molecule has 4 nitrogen and oxygen atoms in total. The Bertz CT molecular complexity index is 699. The lowest BCUT2D eigenvalue weighted by atomic mass is 10.0. The number of carbonyl (C=O) groups is 1. The minimum absolute atomic E-state index is 0. The quantitative estimate of drug-likeness (QED) is 0.800. The Balaban J connectivity index is 0.00000312. The van der Waals surface area contributed by atoms with Gasteiger partial charge in [0.2, 0.25) is 0 Å². The van der Waals surface area contributed by atoms with Crippen molar-refractivity contribution in [3.63, 3.8) is 0 Å². The van der Waals surface area contributed by atoms with E-state index in [1.165, 1.54) is 0 Å². The fraction of sp³-hybridized carbons (Fsp3) is 0.350. The Labute approximate surface area is 156 Å². The number of hydrogen-bond acceptors (Lipinski definition) is 3. The second-order valence-corrected chi connectivity index (χ2v) is 6.35. The second-order valence-electron chi connectivity index (χ2n) is 6.35. The van der Waals surface area contributed by atoms with Crippen LogP contribution in [0.5, 0.6) is 5.75 Å². The van der Waals surface area contributed by atoms with Gasteiger partial charge in [0.25, 0.3) is 5.91 Å². The van der Waals surface area contributed by atoms with Crippen molar-refractivity contribution in [1.82, 2.24) is 0 Å². The fourth-order valence-electron chi connectivity index (χ4n) is 2.43. The van der Waals surface area contributed by atoms with E-state index in [1.54, 1.807) is 6.92 Å². The lowest BCUT2D eigenvalue weighted by Gasteiger charge is -2.19. The highest BCUT2D eigenvalue weighted by Gasteiger charge is 2.17. The van der Waals surface area contributed by atoms with Crippen LogP contribution in [0.1, 0.15) is 43.4 Å². The predicted octanol–water partition coefficient (Wildman–Crippen LogP) is 4.40. The summed E-state index contributed by atoms with van der Waals surface area (Å²) in [4.78, 5) is 12.4.